The quantitative estimate of drug-likeness (QED) is 0.564. The lowest BCUT2D eigenvalue weighted by molar-refractivity contribution is 1.55. The number of rotatable bonds is 0. The van der Waals surface area contributed by atoms with E-state index in [1.807, 2.05) is 0 Å². The Morgan fingerprint density at radius 3 is 1.53 bits per heavy atom. The third-order valence-corrected chi connectivity index (χ3v) is 2.41. The molecule has 70 valence electrons. The number of hydrogen-bond donors (Lipinski definition) is 1. The van der Waals surface area contributed by atoms with Crippen molar-refractivity contribution < 1.29 is 0 Å². The monoisotopic (exact) mass is 223 g/mol. The molecule has 0 aliphatic rings. The van der Waals surface area contributed by atoms with Gasteiger partial charge < -0.3 is 4.98 Å². The molecule has 3 heteroatoms. The van der Waals surface area contributed by atoms with E-state index in [-0.39, 0.29) is 0 Å². The fourth-order valence-corrected chi connectivity index (χ4v) is 1.80. The van der Waals surface area contributed by atoms with E-state index >= 15 is 0 Å². The number of para-hydroxylation sites is 2. The predicted octanol–water partition coefficient (Wildman–Crippen LogP) is 2.56. The Kier molecular flexibility index (Phi) is 3.03. The molecular formula is C12H9NSi2. The van der Waals surface area contributed by atoms with Crippen molar-refractivity contribution in [3.63, 3.8) is 0 Å². The Labute approximate surface area is 95.1 Å². The summed E-state index contributed by atoms with van der Waals surface area (Å²) in [4.78, 5) is 3.38. The van der Waals surface area contributed by atoms with Crippen molar-refractivity contribution in [2.45, 2.75) is 0 Å². The molecule has 0 aliphatic heterocycles. The highest BCUT2D eigenvalue weighted by Crippen LogP contribution is 2.24. The average molecular weight is 223 g/mol. The van der Waals surface area contributed by atoms with Gasteiger partial charge in [-0.2, -0.15) is 0 Å². The molecule has 0 saturated carbocycles. The van der Waals surface area contributed by atoms with Gasteiger partial charge in [0.15, 0.2) is 0 Å². The van der Waals surface area contributed by atoms with Gasteiger partial charge in [-0.3, -0.25) is 0 Å². The van der Waals surface area contributed by atoms with Crippen LogP contribution in [0.4, 0.5) is 0 Å². The van der Waals surface area contributed by atoms with Gasteiger partial charge in [-0.15, -0.1) is 0 Å². The van der Waals surface area contributed by atoms with Crippen LogP contribution in [-0.2, 0) is 0 Å². The first-order valence-corrected chi connectivity index (χ1v) is 6.65. The molecule has 1 nitrogen and oxygen atoms in total. The zero-order valence-electron chi connectivity index (χ0n) is 8.12. The first-order valence-electron chi connectivity index (χ1n) is 4.65. The molecule has 0 fully saturated rings. The standard InChI is InChI=1S/C12H9N.Si2/c1-3-7-11-9(5-1)10-6-2-4-8-12(10)13-11;1-2/h1-8,13H;. The first-order chi connectivity index (χ1) is 7.45. The maximum Gasteiger partial charge on any atom is 0.0464 e. The van der Waals surface area contributed by atoms with Crippen molar-refractivity contribution >= 4 is 41.3 Å². The molecule has 0 aliphatic carbocycles. The lowest BCUT2D eigenvalue weighted by Gasteiger charge is -1.87. The van der Waals surface area contributed by atoms with Crippen molar-refractivity contribution in [2.75, 3.05) is 0 Å². The van der Waals surface area contributed by atoms with E-state index in [1.54, 1.807) is 0 Å². The third-order valence-electron chi connectivity index (χ3n) is 2.41. The molecular weight excluding hydrogens is 214 g/mol. The molecule has 0 saturated heterocycles. The lowest BCUT2D eigenvalue weighted by atomic mass is 10.2. The predicted molar refractivity (Wildman–Crippen MR) is 67.3 cm³/mol. The fourth-order valence-electron chi connectivity index (χ4n) is 1.80. The molecule has 3 rings (SSSR count). The van der Waals surface area contributed by atoms with Crippen LogP contribution in [-0.4, -0.2) is 24.5 Å². The minimum Gasteiger partial charge on any atom is -0.355 e. The summed E-state index contributed by atoms with van der Waals surface area (Å²) in [7, 11) is 5.56. The molecule has 0 spiro atoms. The summed E-state index contributed by atoms with van der Waals surface area (Å²) < 4.78 is 0. The maximum atomic E-state index is 3.38. The molecule has 0 amide bonds. The van der Waals surface area contributed by atoms with Gasteiger partial charge in [0.2, 0.25) is 0 Å². The highest BCUT2D eigenvalue weighted by Gasteiger charge is 2.00. The van der Waals surface area contributed by atoms with Crippen molar-refractivity contribution in [2.24, 2.45) is 0 Å². The van der Waals surface area contributed by atoms with E-state index in [9.17, 15) is 0 Å². The van der Waals surface area contributed by atoms with E-state index in [0.29, 0.717) is 0 Å². The van der Waals surface area contributed by atoms with Gasteiger partial charge >= 0.3 is 0 Å². The van der Waals surface area contributed by atoms with Gasteiger partial charge in [-0.1, -0.05) is 36.4 Å². The number of nitrogens with one attached hydrogen (secondary N) is 1. The molecule has 0 atom stereocenters. The SMILES string of the molecule is [Si][Si].c1ccc2c(c1)[nH]c1ccccc12. The maximum absolute atomic E-state index is 3.38. The van der Waals surface area contributed by atoms with E-state index in [1.165, 1.54) is 21.8 Å². The lowest BCUT2D eigenvalue weighted by Crippen LogP contribution is -1.62. The summed E-state index contributed by atoms with van der Waals surface area (Å²) in [5.74, 6) is 0. The second kappa shape index (κ2) is 4.46. The van der Waals surface area contributed by atoms with Crippen LogP contribution in [0.2, 0.25) is 0 Å². The van der Waals surface area contributed by atoms with Gasteiger partial charge in [-0.05, 0) is 12.1 Å². The van der Waals surface area contributed by atoms with Crippen LogP contribution in [0.5, 0.6) is 0 Å². The molecule has 1 aromatic heterocycles. The van der Waals surface area contributed by atoms with E-state index in [0.717, 1.165) is 0 Å². The molecule has 1 heterocycles. The van der Waals surface area contributed by atoms with Crippen LogP contribution >= 0.6 is 0 Å². The zero-order chi connectivity index (χ0) is 10.7. The smallest absolute Gasteiger partial charge is 0.0464 e. The summed E-state index contributed by atoms with van der Waals surface area (Å²) in [6.45, 7) is 0. The summed E-state index contributed by atoms with van der Waals surface area (Å²) in [5, 5.41) is 2.61. The van der Waals surface area contributed by atoms with Crippen LogP contribution in [0.1, 0.15) is 0 Å². The van der Waals surface area contributed by atoms with Crippen LogP contribution in [0, 0.1) is 0 Å². The molecule has 0 unspecified atom stereocenters. The van der Waals surface area contributed by atoms with Crippen LogP contribution in [0.3, 0.4) is 0 Å². The number of aromatic nitrogens is 1. The average Bonchev–Trinajstić information content (AvgIpc) is 2.70. The minimum absolute atomic E-state index is 1.21. The normalized spacial score (nSPS) is 10.0. The van der Waals surface area contributed by atoms with Crippen LogP contribution in [0.15, 0.2) is 48.5 Å². The van der Waals surface area contributed by atoms with Gasteiger partial charge in [-0.25, -0.2) is 0 Å². The van der Waals surface area contributed by atoms with E-state index in [2.05, 4.69) is 73.0 Å². The number of fused-ring (bicyclic) bond motifs is 3. The molecule has 6 radical (unpaired) electrons. The first kappa shape index (κ1) is 10.2. The number of aromatic amines is 1. The summed E-state index contributed by atoms with van der Waals surface area (Å²) >= 11 is 0. The number of H-pyrrole nitrogens is 1. The minimum atomic E-state index is 1.21. The molecule has 3 aromatic rings. The topological polar surface area (TPSA) is 15.8 Å². The highest BCUT2D eigenvalue weighted by molar-refractivity contribution is 6.75. The molecule has 0 bridgehead atoms. The van der Waals surface area contributed by atoms with Gasteiger partial charge in [0.1, 0.15) is 0 Å². The Balaban J connectivity index is 0.000000404. The van der Waals surface area contributed by atoms with Crippen molar-refractivity contribution in [1.82, 2.24) is 4.98 Å². The third kappa shape index (κ3) is 1.76. The Hall–Kier alpha value is -1.33. The van der Waals surface area contributed by atoms with Gasteiger partial charge in [0.05, 0.1) is 0 Å². The van der Waals surface area contributed by atoms with E-state index in [4.69, 9.17) is 0 Å². The highest BCUT2D eigenvalue weighted by atomic mass is 29.1. The molecule has 2 aromatic carbocycles. The zero-order valence-corrected chi connectivity index (χ0v) is 10.1. The largest absolute Gasteiger partial charge is 0.355 e. The Morgan fingerprint density at radius 1 is 0.667 bits per heavy atom. The second-order valence-corrected chi connectivity index (χ2v) is 3.22. The molecule has 1 N–H and O–H groups in total. The fraction of sp³-hybridized carbons (Fsp3) is 0. The van der Waals surface area contributed by atoms with Crippen LogP contribution < -0.4 is 0 Å². The van der Waals surface area contributed by atoms with Gasteiger partial charge in [0, 0.05) is 41.3 Å². The van der Waals surface area contributed by atoms with Crippen molar-refractivity contribution in [3.8, 4) is 0 Å². The molecule has 15 heavy (non-hydrogen) atoms. The number of benzene rings is 2. The summed E-state index contributed by atoms with van der Waals surface area (Å²) in [5.41, 5.74) is 2.42. The van der Waals surface area contributed by atoms with Crippen molar-refractivity contribution in [1.29, 1.82) is 0 Å². The van der Waals surface area contributed by atoms with Crippen LogP contribution in [0.25, 0.3) is 21.8 Å². The summed E-state index contributed by atoms with van der Waals surface area (Å²) in [6.07, 6.45) is 0. The Bertz CT molecular complexity index is 521. The second-order valence-electron chi connectivity index (χ2n) is 3.22. The summed E-state index contributed by atoms with van der Waals surface area (Å²) in [6, 6.07) is 16.8. The Morgan fingerprint density at radius 2 is 1.07 bits per heavy atom. The number of hydrogen-bond acceptors (Lipinski definition) is 0. The van der Waals surface area contributed by atoms with E-state index < -0.39 is 0 Å². The van der Waals surface area contributed by atoms with Crippen molar-refractivity contribution in [3.05, 3.63) is 48.5 Å². The van der Waals surface area contributed by atoms with Gasteiger partial charge in [0.25, 0.3) is 0 Å².